The van der Waals surface area contributed by atoms with Crippen LogP contribution in [0.1, 0.15) is 26.1 Å². The van der Waals surface area contributed by atoms with Gasteiger partial charge < -0.3 is 10.6 Å². The summed E-state index contributed by atoms with van der Waals surface area (Å²) < 4.78 is 0. The van der Waals surface area contributed by atoms with Crippen molar-refractivity contribution in [1.82, 2.24) is 20.1 Å². The van der Waals surface area contributed by atoms with Crippen molar-refractivity contribution < 1.29 is 4.79 Å². The summed E-state index contributed by atoms with van der Waals surface area (Å²) in [6, 6.07) is -0.437. The van der Waals surface area contributed by atoms with E-state index in [2.05, 4.69) is 15.2 Å². The average molecular weight is 225 g/mol. The minimum atomic E-state index is -0.437. The molecule has 0 aliphatic carbocycles. The fourth-order valence-electron chi connectivity index (χ4n) is 1.50. The maximum Gasteiger partial charge on any atom is 0.239 e. The Kier molecular flexibility index (Phi) is 4.42. The SMILES string of the molecule is CC(C)C[C@H](N)C(=O)N(C)Cc1ncn[nH]1. The molecule has 0 aliphatic rings. The lowest BCUT2D eigenvalue weighted by atomic mass is 10.0. The van der Waals surface area contributed by atoms with Crippen molar-refractivity contribution in [3.05, 3.63) is 12.2 Å². The summed E-state index contributed by atoms with van der Waals surface area (Å²) >= 11 is 0. The normalized spacial score (nSPS) is 12.8. The van der Waals surface area contributed by atoms with Crippen molar-refractivity contribution in [3.63, 3.8) is 0 Å². The number of hydrogen-bond donors (Lipinski definition) is 2. The summed E-state index contributed by atoms with van der Waals surface area (Å²) in [6.07, 6.45) is 2.11. The van der Waals surface area contributed by atoms with E-state index in [-0.39, 0.29) is 5.91 Å². The molecule has 0 fully saturated rings. The molecule has 0 saturated heterocycles. The number of hydrogen-bond acceptors (Lipinski definition) is 4. The number of rotatable bonds is 5. The van der Waals surface area contributed by atoms with Gasteiger partial charge in [0, 0.05) is 7.05 Å². The van der Waals surface area contributed by atoms with Gasteiger partial charge in [0.25, 0.3) is 0 Å². The van der Waals surface area contributed by atoms with Crippen molar-refractivity contribution in [2.75, 3.05) is 7.05 Å². The van der Waals surface area contributed by atoms with Crippen LogP contribution in [0.5, 0.6) is 0 Å². The lowest BCUT2D eigenvalue weighted by molar-refractivity contribution is -0.132. The van der Waals surface area contributed by atoms with Crippen molar-refractivity contribution in [3.8, 4) is 0 Å². The first-order valence-corrected chi connectivity index (χ1v) is 5.35. The fourth-order valence-corrected chi connectivity index (χ4v) is 1.50. The Morgan fingerprint density at radius 2 is 2.31 bits per heavy atom. The third-order valence-corrected chi connectivity index (χ3v) is 2.27. The molecule has 16 heavy (non-hydrogen) atoms. The van der Waals surface area contributed by atoms with Gasteiger partial charge in [0.1, 0.15) is 12.2 Å². The molecule has 0 spiro atoms. The van der Waals surface area contributed by atoms with E-state index in [9.17, 15) is 4.79 Å². The molecule has 1 heterocycles. The molecule has 0 aromatic carbocycles. The van der Waals surface area contributed by atoms with Crippen LogP contribution >= 0.6 is 0 Å². The summed E-state index contributed by atoms with van der Waals surface area (Å²) in [5.74, 6) is 1.01. The number of nitrogens with two attached hydrogens (primary N) is 1. The molecule has 1 atom stereocenters. The highest BCUT2D eigenvalue weighted by Crippen LogP contribution is 2.06. The first kappa shape index (κ1) is 12.6. The van der Waals surface area contributed by atoms with Gasteiger partial charge in [-0.15, -0.1) is 0 Å². The second kappa shape index (κ2) is 5.60. The van der Waals surface area contributed by atoms with Gasteiger partial charge in [-0.3, -0.25) is 9.89 Å². The second-order valence-electron chi connectivity index (χ2n) is 4.36. The zero-order chi connectivity index (χ0) is 12.1. The standard InChI is InChI=1S/C10H19N5O/c1-7(2)4-8(11)10(16)15(3)5-9-12-6-13-14-9/h6-8H,4-5,11H2,1-3H3,(H,12,13,14)/t8-/m0/s1. The van der Waals surface area contributed by atoms with Crippen LogP contribution in [0.4, 0.5) is 0 Å². The van der Waals surface area contributed by atoms with Crippen LogP contribution in [0.25, 0.3) is 0 Å². The number of amides is 1. The summed E-state index contributed by atoms with van der Waals surface area (Å²) in [5, 5.41) is 6.43. The van der Waals surface area contributed by atoms with Gasteiger partial charge in [-0.05, 0) is 12.3 Å². The molecular weight excluding hydrogens is 206 g/mol. The third-order valence-electron chi connectivity index (χ3n) is 2.27. The van der Waals surface area contributed by atoms with Crippen LogP contribution in [-0.2, 0) is 11.3 Å². The molecule has 6 nitrogen and oxygen atoms in total. The van der Waals surface area contributed by atoms with Crippen LogP contribution in [0.3, 0.4) is 0 Å². The first-order chi connectivity index (χ1) is 7.50. The van der Waals surface area contributed by atoms with Gasteiger partial charge >= 0.3 is 0 Å². The molecule has 0 unspecified atom stereocenters. The van der Waals surface area contributed by atoms with Crippen molar-refractivity contribution in [2.45, 2.75) is 32.9 Å². The molecule has 0 aliphatic heterocycles. The number of nitrogens with one attached hydrogen (secondary N) is 1. The van der Waals surface area contributed by atoms with E-state index in [4.69, 9.17) is 5.73 Å². The first-order valence-electron chi connectivity index (χ1n) is 5.35. The Morgan fingerprint density at radius 1 is 1.62 bits per heavy atom. The Labute approximate surface area is 95.2 Å². The minimum absolute atomic E-state index is 0.0647. The zero-order valence-corrected chi connectivity index (χ0v) is 9.97. The molecule has 1 amide bonds. The van der Waals surface area contributed by atoms with Gasteiger partial charge in [-0.25, -0.2) is 4.98 Å². The maximum atomic E-state index is 11.8. The van der Waals surface area contributed by atoms with Crippen LogP contribution < -0.4 is 5.73 Å². The summed E-state index contributed by atoms with van der Waals surface area (Å²) in [5.41, 5.74) is 5.81. The monoisotopic (exact) mass is 225 g/mol. The Balaban J connectivity index is 2.47. The molecule has 0 radical (unpaired) electrons. The molecular formula is C10H19N5O. The number of aromatic amines is 1. The minimum Gasteiger partial charge on any atom is -0.337 e. The lowest BCUT2D eigenvalue weighted by Gasteiger charge is -2.21. The average Bonchev–Trinajstić information content (AvgIpc) is 2.68. The highest BCUT2D eigenvalue weighted by Gasteiger charge is 2.19. The van der Waals surface area contributed by atoms with Crippen LogP contribution in [0.15, 0.2) is 6.33 Å². The largest absolute Gasteiger partial charge is 0.337 e. The van der Waals surface area contributed by atoms with Crippen LogP contribution in [0.2, 0.25) is 0 Å². The van der Waals surface area contributed by atoms with Gasteiger partial charge in [0.2, 0.25) is 5.91 Å². The highest BCUT2D eigenvalue weighted by molar-refractivity contribution is 5.81. The third kappa shape index (κ3) is 3.62. The van der Waals surface area contributed by atoms with Crippen LogP contribution in [0, 0.1) is 5.92 Å². The van der Waals surface area contributed by atoms with E-state index < -0.39 is 6.04 Å². The van der Waals surface area contributed by atoms with Crippen molar-refractivity contribution in [1.29, 1.82) is 0 Å². The van der Waals surface area contributed by atoms with E-state index >= 15 is 0 Å². The Bertz CT molecular complexity index is 322. The van der Waals surface area contributed by atoms with Crippen molar-refractivity contribution >= 4 is 5.91 Å². The summed E-state index contributed by atoms with van der Waals surface area (Å²) in [7, 11) is 1.71. The van der Waals surface area contributed by atoms with Crippen molar-refractivity contribution in [2.24, 2.45) is 11.7 Å². The van der Waals surface area contributed by atoms with Crippen LogP contribution in [-0.4, -0.2) is 39.1 Å². The zero-order valence-electron chi connectivity index (χ0n) is 9.97. The van der Waals surface area contributed by atoms with E-state index in [0.717, 1.165) is 0 Å². The number of carbonyl (C=O) groups excluding carboxylic acids is 1. The van der Waals surface area contributed by atoms with E-state index in [1.807, 2.05) is 13.8 Å². The molecule has 0 bridgehead atoms. The molecule has 0 saturated carbocycles. The number of H-pyrrole nitrogens is 1. The Morgan fingerprint density at radius 3 is 2.81 bits per heavy atom. The number of carbonyl (C=O) groups is 1. The molecule has 1 aromatic rings. The van der Waals surface area contributed by atoms with E-state index in [1.165, 1.54) is 6.33 Å². The lowest BCUT2D eigenvalue weighted by Crippen LogP contribution is -2.42. The summed E-state index contributed by atoms with van der Waals surface area (Å²) in [6.45, 7) is 4.50. The number of likely N-dealkylation sites (N-methyl/N-ethyl adjacent to an activating group) is 1. The fraction of sp³-hybridized carbons (Fsp3) is 0.700. The maximum absolute atomic E-state index is 11.8. The van der Waals surface area contributed by atoms with E-state index in [0.29, 0.717) is 24.7 Å². The van der Waals surface area contributed by atoms with Gasteiger partial charge in [0.05, 0.1) is 12.6 Å². The van der Waals surface area contributed by atoms with E-state index in [1.54, 1.807) is 11.9 Å². The second-order valence-corrected chi connectivity index (χ2v) is 4.36. The van der Waals surface area contributed by atoms with Gasteiger partial charge in [0.15, 0.2) is 0 Å². The smallest absolute Gasteiger partial charge is 0.239 e. The Hall–Kier alpha value is -1.43. The quantitative estimate of drug-likeness (QED) is 0.746. The predicted molar refractivity (Wildman–Crippen MR) is 60.3 cm³/mol. The molecule has 1 aromatic heterocycles. The molecule has 3 N–H and O–H groups in total. The topological polar surface area (TPSA) is 87.9 Å². The molecule has 90 valence electrons. The molecule has 6 heteroatoms. The van der Waals surface area contributed by atoms with Gasteiger partial charge in [-0.2, -0.15) is 5.10 Å². The highest BCUT2D eigenvalue weighted by atomic mass is 16.2. The molecule has 1 rings (SSSR count). The number of nitrogens with zero attached hydrogens (tertiary/aromatic N) is 3. The number of aromatic nitrogens is 3. The summed E-state index contributed by atoms with van der Waals surface area (Å²) in [4.78, 5) is 17.4. The predicted octanol–water partition coefficient (Wildman–Crippen LogP) is 0.137. The van der Waals surface area contributed by atoms with Gasteiger partial charge in [-0.1, -0.05) is 13.8 Å².